The molecule has 0 bridgehead atoms. The third-order valence-electron chi connectivity index (χ3n) is 2.42. The lowest BCUT2D eigenvalue weighted by molar-refractivity contribution is 0.0528. The van der Waals surface area contributed by atoms with E-state index in [0.717, 1.165) is 4.88 Å². The summed E-state index contributed by atoms with van der Waals surface area (Å²) in [7, 11) is 0. The quantitative estimate of drug-likeness (QED) is 0.874. The highest BCUT2D eigenvalue weighted by Crippen LogP contribution is 2.28. The van der Waals surface area contributed by atoms with E-state index in [1.54, 1.807) is 19.1 Å². The van der Waals surface area contributed by atoms with Gasteiger partial charge >= 0.3 is 5.97 Å². The Labute approximate surface area is 119 Å². The van der Waals surface area contributed by atoms with Crippen LogP contribution in [0.4, 0.5) is 5.00 Å². The van der Waals surface area contributed by atoms with Crippen LogP contribution in [0, 0.1) is 6.92 Å². The molecule has 0 saturated heterocycles. The number of hydrogen-bond donors (Lipinski definition) is 1. The molecule has 0 unspecified atom stereocenters. The van der Waals surface area contributed by atoms with Crippen LogP contribution in [0.15, 0.2) is 24.5 Å². The predicted octanol–water partition coefficient (Wildman–Crippen LogP) is 2.28. The summed E-state index contributed by atoms with van der Waals surface area (Å²) >= 11 is 1.32. The van der Waals surface area contributed by atoms with E-state index < -0.39 is 5.97 Å². The van der Waals surface area contributed by atoms with Gasteiger partial charge in [0.2, 0.25) is 0 Å². The zero-order chi connectivity index (χ0) is 14.5. The lowest BCUT2D eigenvalue weighted by Gasteiger charge is -2.05. The normalized spacial score (nSPS) is 10.1. The van der Waals surface area contributed by atoms with E-state index in [-0.39, 0.29) is 12.5 Å². The standard InChI is InChI=1S/C13H13N3O3S/c1-3-19-13(18)10-6-8(2)20-12(10)16-11(17)9-4-5-14-15-7-9/h4-7H,3H2,1-2H3,(H,16,17). The van der Waals surface area contributed by atoms with Crippen LogP contribution in [-0.4, -0.2) is 28.7 Å². The monoisotopic (exact) mass is 291 g/mol. The molecule has 0 radical (unpaired) electrons. The molecule has 0 aliphatic rings. The van der Waals surface area contributed by atoms with Gasteiger partial charge in [-0.1, -0.05) is 0 Å². The first-order valence-corrected chi connectivity index (χ1v) is 6.79. The van der Waals surface area contributed by atoms with Gasteiger partial charge in [0.15, 0.2) is 0 Å². The maximum Gasteiger partial charge on any atom is 0.341 e. The molecule has 0 atom stereocenters. The van der Waals surface area contributed by atoms with Gasteiger partial charge < -0.3 is 10.1 Å². The highest BCUT2D eigenvalue weighted by Gasteiger charge is 2.18. The maximum atomic E-state index is 12.0. The summed E-state index contributed by atoms with van der Waals surface area (Å²) in [5.41, 5.74) is 0.741. The van der Waals surface area contributed by atoms with Crippen molar-refractivity contribution in [2.24, 2.45) is 0 Å². The molecule has 0 aliphatic carbocycles. The van der Waals surface area contributed by atoms with Crippen molar-refractivity contribution in [3.05, 3.63) is 40.5 Å². The van der Waals surface area contributed by atoms with Crippen LogP contribution in [0.5, 0.6) is 0 Å². The summed E-state index contributed by atoms with van der Waals surface area (Å²) in [6.45, 7) is 3.88. The van der Waals surface area contributed by atoms with E-state index >= 15 is 0 Å². The minimum atomic E-state index is -0.444. The number of anilines is 1. The molecule has 0 fully saturated rings. The number of amides is 1. The average molecular weight is 291 g/mol. The van der Waals surface area contributed by atoms with Gasteiger partial charge in [-0.25, -0.2) is 4.79 Å². The van der Waals surface area contributed by atoms with Gasteiger partial charge in [-0.05, 0) is 26.0 Å². The molecule has 6 nitrogen and oxygen atoms in total. The summed E-state index contributed by atoms with van der Waals surface area (Å²) < 4.78 is 4.96. The first-order valence-electron chi connectivity index (χ1n) is 5.97. The number of aryl methyl sites for hydroxylation is 1. The number of esters is 1. The SMILES string of the molecule is CCOC(=O)c1cc(C)sc1NC(=O)c1ccnnc1. The van der Waals surface area contributed by atoms with Crippen molar-refractivity contribution in [3.8, 4) is 0 Å². The fraction of sp³-hybridized carbons (Fsp3) is 0.231. The van der Waals surface area contributed by atoms with Crippen LogP contribution in [-0.2, 0) is 4.74 Å². The fourth-order valence-electron chi connectivity index (χ4n) is 1.57. The molecule has 1 amide bonds. The molecule has 104 valence electrons. The van der Waals surface area contributed by atoms with Crippen LogP contribution >= 0.6 is 11.3 Å². The number of nitrogens with zero attached hydrogens (tertiary/aromatic N) is 2. The van der Waals surface area contributed by atoms with Gasteiger partial charge in [0.25, 0.3) is 5.91 Å². The molecule has 0 aromatic carbocycles. The van der Waals surface area contributed by atoms with E-state index in [2.05, 4.69) is 15.5 Å². The van der Waals surface area contributed by atoms with Crippen molar-refractivity contribution in [1.29, 1.82) is 0 Å². The van der Waals surface area contributed by atoms with Crippen molar-refractivity contribution in [1.82, 2.24) is 10.2 Å². The summed E-state index contributed by atoms with van der Waals surface area (Å²) in [6, 6.07) is 3.25. The molecule has 2 aromatic rings. The van der Waals surface area contributed by atoms with Crippen LogP contribution < -0.4 is 5.32 Å². The molecule has 1 N–H and O–H groups in total. The van der Waals surface area contributed by atoms with Gasteiger partial charge in [-0.3, -0.25) is 4.79 Å². The number of nitrogens with one attached hydrogen (secondary N) is 1. The zero-order valence-corrected chi connectivity index (χ0v) is 11.9. The first-order chi connectivity index (χ1) is 9.61. The lowest BCUT2D eigenvalue weighted by atomic mass is 10.2. The van der Waals surface area contributed by atoms with Crippen molar-refractivity contribution in [2.45, 2.75) is 13.8 Å². The third-order valence-corrected chi connectivity index (χ3v) is 3.39. The van der Waals surface area contributed by atoms with Crippen molar-refractivity contribution in [2.75, 3.05) is 11.9 Å². The van der Waals surface area contributed by atoms with Crippen LogP contribution in [0.3, 0.4) is 0 Å². The van der Waals surface area contributed by atoms with Crippen molar-refractivity contribution >= 4 is 28.2 Å². The van der Waals surface area contributed by atoms with Crippen LogP contribution in [0.2, 0.25) is 0 Å². The number of aromatic nitrogens is 2. The van der Waals surface area contributed by atoms with E-state index in [0.29, 0.717) is 16.1 Å². The number of carbonyl (C=O) groups excluding carboxylic acids is 2. The van der Waals surface area contributed by atoms with Gasteiger partial charge in [0.1, 0.15) is 5.00 Å². The molecule has 2 heterocycles. The minimum Gasteiger partial charge on any atom is -0.462 e. The van der Waals surface area contributed by atoms with E-state index in [4.69, 9.17) is 4.74 Å². The Hall–Kier alpha value is -2.28. The Kier molecular flexibility index (Phi) is 4.41. The van der Waals surface area contributed by atoms with Gasteiger partial charge in [-0.2, -0.15) is 10.2 Å². The van der Waals surface area contributed by atoms with Gasteiger partial charge in [-0.15, -0.1) is 11.3 Å². The Morgan fingerprint density at radius 2 is 2.20 bits per heavy atom. The molecule has 0 spiro atoms. The topological polar surface area (TPSA) is 81.2 Å². The Balaban J connectivity index is 2.21. The molecule has 2 rings (SSSR count). The second-order valence-corrected chi connectivity index (χ2v) is 5.16. The smallest absolute Gasteiger partial charge is 0.341 e. The highest BCUT2D eigenvalue weighted by atomic mass is 32.1. The maximum absolute atomic E-state index is 12.0. The molecule has 0 aliphatic heterocycles. The second kappa shape index (κ2) is 6.25. The highest BCUT2D eigenvalue weighted by molar-refractivity contribution is 7.16. The van der Waals surface area contributed by atoms with E-state index in [1.807, 2.05) is 6.92 Å². The number of ether oxygens (including phenoxy) is 1. The molecular weight excluding hydrogens is 278 g/mol. The van der Waals surface area contributed by atoms with Crippen LogP contribution in [0.1, 0.15) is 32.5 Å². The Bertz CT molecular complexity index is 625. The largest absolute Gasteiger partial charge is 0.462 e. The Morgan fingerprint density at radius 3 is 2.85 bits per heavy atom. The summed E-state index contributed by atoms with van der Waals surface area (Å²) in [4.78, 5) is 24.8. The van der Waals surface area contributed by atoms with Crippen molar-refractivity contribution in [3.63, 3.8) is 0 Å². The molecular formula is C13H13N3O3S. The summed E-state index contributed by atoms with van der Waals surface area (Å²) in [5.74, 6) is -0.785. The minimum absolute atomic E-state index is 0.287. The second-order valence-electron chi connectivity index (χ2n) is 3.91. The fourth-order valence-corrected chi connectivity index (χ4v) is 2.46. The zero-order valence-electron chi connectivity index (χ0n) is 11.0. The lowest BCUT2D eigenvalue weighted by Crippen LogP contribution is -2.14. The third kappa shape index (κ3) is 3.18. The molecule has 2 aromatic heterocycles. The van der Waals surface area contributed by atoms with Gasteiger partial charge in [0.05, 0.1) is 30.1 Å². The number of thiophene rings is 1. The molecule has 7 heteroatoms. The average Bonchev–Trinajstić information content (AvgIpc) is 2.81. The summed E-state index contributed by atoms with van der Waals surface area (Å²) in [5, 5.41) is 10.4. The molecule has 0 saturated carbocycles. The number of rotatable bonds is 4. The number of hydrogen-bond acceptors (Lipinski definition) is 6. The molecule has 20 heavy (non-hydrogen) atoms. The van der Waals surface area contributed by atoms with E-state index in [9.17, 15) is 9.59 Å². The number of carbonyl (C=O) groups is 2. The Morgan fingerprint density at radius 1 is 1.40 bits per heavy atom. The van der Waals surface area contributed by atoms with Crippen LogP contribution in [0.25, 0.3) is 0 Å². The predicted molar refractivity (Wildman–Crippen MR) is 75.0 cm³/mol. The van der Waals surface area contributed by atoms with E-state index in [1.165, 1.54) is 23.7 Å². The van der Waals surface area contributed by atoms with Gasteiger partial charge in [0, 0.05) is 4.88 Å². The summed E-state index contributed by atoms with van der Waals surface area (Å²) in [6.07, 6.45) is 2.79. The first kappa shape index (κ1) is 14.1. The van der Waals surface area contributed by atoms with Crippen molar-refractivity contribution < 1.29 is 14.3 Å².